The number of halogens is 6. The molecule has 0 bridgehead atoms. The van der Waals surface area contributed by atoms with Gasteiger partial charge >= 0.3 is 0 Å². The number of nitrogens with zero attached hydrogens (tertiary/aromatic N) is 6. The number of benzene rings is 2. The van der Waals surface area contributed by atoms with Crippen LogP contribution in [0.5, 0.6) is 0 Å². The van der Waals surface area contributed by atoms with Crippen molar-refractivity contribution >= 4 is 57.5 Å². The third-order valence-electron chi connectivity index (χ3n) is 10.1. The average Bonchev–Trinajstić information content (AvgIpc) is 4.02. The molecule has 4 heterocycles. The van der Waals surface area contributed by atoms with Gasteiger partial charge in [-0.2, -0.15) is 10.2 Å². The minimum Gasteiger partial charge on any atom is -0.394 e. The summed E-state index contributed by atoms with van der Waals surface area (Å²) in [6, 6.07) is 9.77. The zero-order chi connectivity index (χ0) is 39.7. The van der Waals surface area contributed by atoms with Crippen molar-refractivity contribution < 1.29 is 19.0 Å². The molecule has 288 valence electrons. The Morgan fingerprint density at radius 1 is 0.625 bits per heavy atom. The summed E-state index contributed by atoms with van der Waals surface area (Å²) < 4.78 is 31.4. The number of pyridine rings is 2. The molecule has 8 nitrogen and oxygen atoms in total. The second kappa shape index (κ2) is 17.0. The van der Waals surface area contributed by atoms with Crippen LogP contribution < -0.4 is 0 Å². The first-order valence-electron chi connectivity index (χ1n) is 17.9. The molecule has 0 spiro atoms. The zero-order valence-corrected chi connectivity index (χ0v) is 33.3. The van der Waals surface area contributed by atoms with Gasteiger partial charge in [0.1, 0.15) is 11.6 Å². The Kier molecular flexibility index (Phi) is 12.1. The zero-order valence-electron chi connectivity index (χ0n) is 30.3. The minimum atomic E-state index is -0.477. The smallest absolute Gasteiger partial charge is 0.142 e. The summed E-state index contributed by atoms with van der Waals surface area (Å²) in [5.41, 5.74) is 10.9. The Morgan fingerprint density at radius 3 is 1.43 bits per heavy atom. The molecule has 0 radical (unpaired) electrons. The molecule has 0 amide bonds. The van der Waals surface area contributed by atoms with Gasteiger partial charge in [0, 0.05) is 92.9 Å². The van der Waals surface area contributed by atoms with Crippen LogP contribution in [0, 0.1) is 11.6 Å². The molecular formula is C42H36Cl4F2N6O2. The van der Waals surface area contributed by atoms with E-state index in [0.29, 0.717) is 47.1 Å². The number of hydrogen-bond acceptors (Lipinski definition) is 6. The normalized spacial score (nSPS) is 14.1. The van der Waals surface area contributed by atoms with Crippen LogP contribution >= 0.6 is 46.4 Å². The molecule has 14 heteroatoms. The third kappa shape index (κ3) is 7.92. The Morgan fingerprint density at radius 2 is 1.04 bits per heavy atom. The fraction of sp³-hybridized carbons (Fsp3) is 0.238. The number of hydrogen-bond donors (Lipinski definition) is 2. The highest BCUT2D eigenvalue weighted by Crippen LogP contribution is 2.45. The summed E-state index contributed by atoms with van der Waals surface area (Å²) in [6.45, 7) is 4.89. The molecule has 0 aliphatic heterocycles. The first kappa shape index (κ1) is 39.8. The fourth-order valence-electron chi connectivity index (χ4n) is 7.25. The van der Waals surface area contributed by atoms with Gasteiger partial charge in [0.2, 0.25) is 0 Å². The van der Waals surface area contributed by atoms with Crippen molar-refractivity contribution in [2.75, 3.05) is 13.2 Å². The number of aromatic nitrogens is 6. The van der Waals surface area contributed by atoms with Crippen LogP contribution in [0.15, 0.2) is 85.7 Å². The van der Waals surface area contributed by atoms with E-state index >= 15 is 0 Å². The van der Waals surface area contributed by atoms with Crippen LogP contribution in [-0.2, 0) is 25.9 Å². The average molecular weight is 837 g/mol. The van der Waals surface area contributed by atoms with E-state index < -0.39 is 11.6 Å². The van der Waals surface area contributed by atoms with Crippen LogP contribution in [0.25, 0.3) is 33.4 Å². The lowest BCUT2D eigenvalue weighted by atomic mass is 9.89. The van der Waals surface area contributed by atoms with Gasteiger partial charge in [0.25, 0.3) is 0 Å². The molecule has 2 aliphatic carbocycles. The van der Waals surface area contributed by atoms with Crippen molar-refractivity contribution in [3.63, 3.8) is 0 Å². The predicted octanol–water partition coefficient (Wildman–Crippen LogP) is 10.3. The second-order valence-corrected chi connectivity index (χ2v) is 15.1. The molecule has 56 heavy (non-hydrogen) atoms. The fourth-order valence-corrected chi connectivity index (χ4v) is 8.64. The van der Waals surface area contributed by atoms with E-state index in [1.165, 1.54) is 24.3 Å². The molecule has 0 unspecified atom stereocenters. The standard InChI is InChI=1S/2C21H18Cl2FN3O/c2*1-12(20-17(22)3-4-18(24)21(20)23)15-2-5-19-16(15)8-13(9-25-19)14-10-26-27(11-14)6-7-28/h2*2-4,8-12,28H,5-7H2,1H3/t2*12-/m10/s1. The molecular weight excluding hydrogens is 800 g/mol. The highest BCUT2D eigenvalue weighted by molar-refractivity contribution is 6.37. The molecule has 8 rings (SSSR count). The Bertz CT molecular complexity index is 2330. The Balaban J connectivity index is 0.000000172. The summed E-state index contributed by atoms with van der Waals surface area (Å²) in [4.78, 5) is 9.20. The Hall–Kier alpha value is -4.42. The number of aliphatic hydroxyl groups is 2. The van der Waals surface area contributed by atoms with E-state index in [2.05, 4.69) is 44.5 Å². The molecule has 2 N–H and O–H groups in total. The van der Waals surface area contributed by atoms with Crippen LogP contribution in [0.4, 0.5) is 8.78 Å². The maximum absolute atomic E-state index is 14.0. The molecule has 2 atom stereocenters. The summed E-state index contributed by atoms with van der Waals surface area (Å²) >= 11 is 25.1. The van der Waals surface area contributed by atoms with Crippen LogP contribution in [0.2, 0.25) is 20.1 Å². The first-order chi connectivity index (χ1) is 27.0. The van der Waals surface area contributed by atoms with Crippen molar-refractivity contribution in [1.29, 1.82) is 0 Å². The van der Waals surface area contributed by atoms with E-state index in [9.17, 15) is 8.78 Å². The van der Waals surface area contributed by atoms with Crippen LogP contribution in [-0.4, -0.2) is 53.0 Å². The van der Waals surface area contributed by atoms with Crippen LogP contribution in [0.1, 0.15) is 59.3 Å². The summed E-state index contributed by atoms with van der Waals surface area (Å²) in [7, 11) is 0. The first-order valence-corrected chi connectivity index (χ1v) is 19.4. The van der Waals surface area contributed by atoms with E-state index in [1.807, 2.05) is 38.6 Å². The molecule has 2 aromatic carbocycles. The molecule has 6 aromatic rings. The highest BCUT2D eigenvalue weighted by Gasteiger charge is 2.28. The topological polar surface area (TPSA) is 102 Å². The van der Waals surface area contributed by atoms with Gasteiger partial charge in [-0.3, -0.25) is 19.3 Å². The largest absolute Gasteiger partial charge is 0.394 e. The minimum absolute atomic E-state index is 0.0309. The van der Waals surface area contributed by atoms with Gasteiger partial charge < -0.3 is 10.2 Å². The second-order valence-electron chi connectivity index (χ2n) is 13.6. The van der Waals surface area contributed by atoms with Crippen molar-refractivity contribution in [3.05, 3.63) is 151 Å². The van der Waals surface area contributed by atoms with E-state index in [1.54, 1.807) is 21.8 Å². The summed E-state index contributed by atoms with van der Waals surface area (Å²) in [5, 5.41) is 27.6. The number of fused-ring (bicyclic) bond motifs is 2. The van der Waals surface area contributed by atoms with Gasteiger partial charge in [0.15, 0.2) is 0 Å². The molecule has 0 saturated heterocycles. The van der Waals surface area contributed by atoms with E-state index in [0.717, 1.165) is 55.9 Å². The van der Waals surface area contributed by atoms with Gasteiger partial charge in [-0.1, -0.05) is 72.4 Å². The highest BCUT2D eigenvalue weighted by atomic mass is 35.5. The summed E-state index contributed by atoms with van der Waals surface area (Å²) in [6.07, 6.45) is 16.5. The van der Waals surface area contributed by atoms with Crippen molar-refractivity contribution in [1.82, 2.24) is 29.5 Å². The van der Waals surface area contributed by atoms with Crippen LogP contribution in [0.3, 0.4) is 0 Å². The molecule has 2 aliphatic rings. The van der Waals surface area contributed by atoms with Gasteiger partial charge in [-0.15, -0.1) is 0 Å². The third-order valence-corrected chi connectivity index (χ3v) is 11.6. The molecule has 0 saturated carbocycles. The monoisotopic (exact) mass is 834 g/mol. The maximum Gasteiger partial charge on any atom is 0.142 e. The summed E-state index contributed by atoms with van der Waals surface area (Å²) in [5.74, 6) is -1.30. The van der Waals surface area contributed by atoms with Gasteiger partial charge in [-0.25, -0.2) is 8.78 Å². The number of rotatable bonds is 10. The Labute approximate surface area is 342 Å². The quantitative estimate of drug-likeness (QED) is 0.133. The van der Waals surface area contributed by atoms with Crippen molar-refractivity contribution in [2.45, 2.75) is 51.6 Å². The lowest BCUT2D eigenvalue weighted by molar-refractivity contribution is 0.269. The molecule has 4 aromatic heterocycles. The number of aliphatic hydroxyl groups excluding tert-OH is 2. The van der Waals surface area contributed by atoms with Gasteiger partial charge in [0.05, 0.1) is 60.1 Å². The predicted molar refractivity (Wildman–Crippen MR) is 218 cm³/mol. The molecule has 0 fully saturated rings. The van der Waals surface area contributed by atoms with Crippen molar-refractivity contribution in [2.24, 2.45) is 0 Å². The van der Waals surface area contributed by atoms with E-state index in [4.69, 9.17) is 56.6 Å². The lowest BCUT2D eigenvalue weighted by Gasteiger charge is -2.19. The maximum atomic E-state index is 14.0. The van der Waals surface area contributed by atoms with Crippen molar-refractivity contribution in [3.8, 4) is 22.3 Å². The number of allylic oxidation sites excluding steroid dienone is 4. The van der Waals surface area contributed by atoms with E-state index in [-0.39, 0.29) is 35.1 Å². The van der Waals surface area contributed by atoms with Gasteiger partial charge in [-0.05, 0) is 58.7 Å². The SMILES string of the molecule is C[C@@H](C1=CCc2ncc(-c3cnn(CCO)c3)cc21)c1c(Cl)ccc(F)c1Cl.C[C@H](C1=CCc2ncc(-c3cnn(CCO)c3)cc21)c1c(Cl)ccc(F)c1Cl. The lowest BCUT2D eigenvalue weighted by Crippen LogP contribution is -2.02.